The van der Waals surface area contributed by atoms with Crippen molar-refractivity contribution in [1.82, 2.24) is 0 Å². The van der Waals surface area contributed by atoms with E-state index in [-0.39, 0.29) is 33.0 Å². The standard InChI is InChI=1S/C22H13F5N2O3S/c23-14-3-7-19(24)12(9-14)10-18-17-11-16(6-8-20(17)28-21(18)30)33(31,32)29-15-4-1-13(2-5-15)22(25,26)27/h1-11,29H,(H,28,30). The summed E-state index contributed by atoms with van der Waals surface area (Å²) >= 11 is 0. The summed E-state index contributed by atoms with van der Waals surface area (Å²) in [6.45, 7) is 0. The van der Waals surface area contributed by atoms with Crippen LogP contribution in [0, 0.1) is 11.6 Å². The molecule has 3 aromatic carbocycles. The minimum Gasteiger partial charge on any atom is -0.321 e. The smallest absolute Gasteiger partial charge is 0.321 e. The quantitative estimate of drug-likeness (QED) is 0.394. The number of benzene rings is 3. The van der Waals surface area contributed by atoms with Gasteiger partial charge in [0.15, 0.2) is 0 Å². The zero-order chi connectivity index (χ0) is 24.0. The summed E-state index contributed by atoms with van der Waals surface area (Å²) in [5.41, 5.74) is -0.928. The van der Waals surface area contributed by atoms with Gasteiger partial charge in [-0.05, 0) is 66.7 Å². The molecule has 0 saturated carbocycles. The van der Waals surface area contributed by atoms with E-state index in [1.165, 1.54) is 12.1 Å². The number of carbonyl (C=O) groups excluding carboxylic acids is 1. The highest BCUT2D eigenvalue weighted by molar-refractivity contribution is 7.92. The number of halogens is 5. The van der Waals surface area contributed by atoms with Crippen LogP contribution < -0.4 is 10.0 Å². The maximum atomic E-state index is 14.0. The van der Waals surface area contributed by atoms with Crippen LogP contribution >= 0.6 is 0 Å². The van der Waals surface area contributed by atoms with Gasteiger partial charge in [0.25, 0.3) is 15.9 Å². The van der Waals surface area contributed by atoms with Crippen LogP contribution in [0.4, 0.5) is 33.3 Å². The number of alkyl halides is 3. The summed E-state index contributed by atoms with van der Waals surface area (Å²) < 4.78 is 93.3. The Kier molecular flexibility index (Phi) is 5.44. The van der Waals surface area contributed by atoms with Gasteiger partial charge in [0.2, 0.25) is 0 Å². The molecular formula is C22H13F5N2O3S. The van der Waals surface area contributed by atoms with Gasteiger partial charge in [-0.2, -0.15) is 13.2 Å². The molecule has 0 aliphatic carbocycles. The lowest BCUT2D eigenvalue weighted by Gasteiger charge is -2.11. The molecule has 0 unspecified atom stereocenters. The second kappa shape index (κ2) is 8.00. The fourth-order valence-corrected chi connectivity index (χ4v) is 4.28. The Morgan fingerprint density at radius 1 is 0.909 bits per heavy atom. The number of carbonyl (C=O) groups is 1. The molecule has 0 spiro atoms. The summed E-state index contributed by atoms with van der Waals surface area (Å²) in [7, 11) is -4.24. The van der Waals surface area contributed by atoms with Gasteiger partial charge < -0.3 is 5.32 Å². The maximum absolute atomic E-state index is 14.0. The lowest BCUT2D eigenvalue weighted by Crippen LogP contribution is -2.13. The SMILES string of the molecule is O=C1Nc2ccc(S(=O)(=O)Nc3ccc(C(F)(F)F)cc3)cc2C1=Cc1cc(F)ccc1F. The van der Waals surface area contributed by atoms with Gasteiger partial charge in [-0.25, -0.2) is 17.2 Å². The summed E-state index contributed by atoms with van der Waals surface area (Å²) in [5.74, 6) is -2.14. The van der Waals surface area contributed by atoms with E-state index in [2.05, 4.69) is 10.0 Å². The van der Waals surface area contributed by atoms with Gasteiger partial charge in [0.1, 0.15) is 11.6 Å². The Morgan fingerprint density at radius 3 is 2.27 bits per heavy atom. The zero-order valence-electron chi connectivity index (χ0n) is 16.4. The van der Waals surface area contributed by atoms with Gasteiger partial charge in [-0.1, -0.05) is 0 Å². The Balaban J connectivity index is 1.68. The molecule has 33 heavy (non-hydrogen) atoms. The molecule has 170 valence electrons. The predicted octanol–water partition coefficient (Wildman–Crippen LogP) is 5.28. The van der Waals surface area contributed by atoms with Crippen LogP contribution in [-0.4, -0.2) is 14.3 Å². The number of rotatable bonds is 4. The summed E-state index contributed by atoms with van der Waals surface area (Å²) in [6.07, 6.45) is -3.47. The van der Waals surface area contributed by atoms with Crippen molar-refractivity contribution in [3.63, 3.8) is 0 Å². The number of amides is 1. The highest BCUT2D eigenvalue weighted by Gasteiger charge is 2.30. The van der Waals surface area contributed by atoms with Crippen LogP contribution in [-0.2, 0) is 21.0 Å². The second-order valence-corrected chi connectivity index (χ2v) is 8.75. The molecule has 11 heteroatoms. The van der Waals surface area contributed by atoms with E-state index < -0.39 is 39.3 Å². The Labute approximate surface area is 184 Å². The van der Waals surface area contributed by atoms with E-state index in [9.17, 15) is 35.2 Å². The van der Waals surface area contributed by atoms with Crippen LogP contribution in [0.2, 0.25) is 0 Å². The first-order valence-corrected chi connectivity index (χ1v) is 10.7. The Hall–Kier alpha value is -3.73. The van der Waals surface area contributed by atoms with Gasteiger partial charge in [-0.3, -0.25) is 9.52 Å². The van der Waals surface area contributed by atoms with E-state index in [1.807, 2.05) is 0 Å². The third-order valence-corrected chi connectivity index (χ3v) is 6.19. The molecule has 0 aromatic heterocycles. The Bertz CT molecular complexity index is 1400. The van der Waals surface area contributed by atoms with Gasteiger partial charge >= 0.3 is 6.18 Å². The summed E-state index contributed by atoms with van der Waals surface area (Å²) in [5, 5.41) is 2.51. The summed E-state index contributed by atoms with van der Waals surface area (Å²) in [4.78, 5) is 12.1. The molecule has 3 aromatic rings. The first kappa shape index (κ1) is 22.5. The van der Waals surface area contributed by atoms with Crippen molar-refractivity contribution in [1.29, 1.82) is 0 Å². The molecule has 0 bridgehead atoms. The largest absolute Gasteiger partial charge is 0.416 e. The van der Waals surface area contributed by atoms with Gasteiger partial charge in [0, 0.05) is 28.1 Å². The molecule has 5 nitrogen and oxygen atoms in total. The van der Waals surface area contributed by atoms with Crippen molar-refractivity contribution >= 4 is 39.0 Å². The minimum atomic E-state index is -4.57. The van der Waals surface area contributed by atoms with Crippen molar-refractivity contribution in [3.05, 3.63) is 89.0 Å². The van der Waals surface area contributed by atoms with E-state index >= 15 is 0 Å². The number of sulfonamides is 1. The van der Waals surface area contributed by atoms with E-state index in [1.54, 1.807) is 0 Å². The molecule has 1 aliphatic rings. The minimum absolute atomic E-state index is 0.0823. The predicted molar refractivity (Wildman–Crippen MR) is 112 cm³/mol. The first-order chi connectivity index (χ1) is 15.4. The van der Waals surface area contributed by atoms with Crippen molar-refractivity contribution < 1.29 is 35.2 Å². The number of nitrogens with one attached hydrogen (secondary N) is 2. The molecule has 0 fully saturated rings. The highest BCUT2D eigenvalue weighted by atomic mass is 32.2. The van der Waals surface area contributed by atoms with Crippen LogP contribution in [0.1, 0.15) is 16.7 Å². The number of fused-ring (bicyclic) bond motifs is 1. The zero-order valence-corrected chi connectivity index (χ0v) is 17.2. The van der Waals surface area contributed by atoms with Crippen LogP contribution in [0.3, 0.4) is 0 Å². The third-order valence-electron chi connectivity index (χ3n) is 4.81. The molecule has 1 amide bonds. The molecule has 0 radical (unpaired) electrons. The molecule has 2 N–H and O–H groups in total. The molecule has 0 atom stereocenters. The topological polar surface area (TPSA) is 75.3 Å². The fourth-order valence-electron chi connectivity index (χ4n) is 3.20. The van der Waals surface area contributed by atoms with Crippen LogP contribution in [0.15, 0.2) is 65.6 Å². The average Bonchev–Trinajstić information content (AvgIpc) is 3.04. The van der Waals surface area contributed by atoms with Crippen molar-refractivity contribution in [3.8, 4) is 0 Å². The van der Waals surface area contributed by atoms with E-state index in [4.69, 9.17) is 0 Å². The average molecular weight is 480 g/mol. The fraction of sp³-hybridized carbons (Fsp3) is 0.0455. The molecule has 1 heterocycles. The monoisotopic (exact) mass is 480 g/mol. The molecule has 1 aliphatic heterocycles. The van der Waals surface area contributed by atoms with Crippen molar-refractivity contribution in [2.75, 3.05) is 10.0 Å². The van der Waals surface area contributed by atoms with Crippen LogP contribution in [0.25, 0.3) is 11.6 Å². The highest BCUT2D eigenvalue weighted by Crippen LogP contribution is 2.36. The van der Waals surface area contributed by atoms with Crippen molar-refractivity contribution in [2.24, 2.45) is 0 Å². The van der Waals surface area contributed by atoms with Gasteiger partial charge in [0.05, 0.1) is 10.5 Å². The Morgan fingerprint density at radius 2 is 1.61 bits per heavy atom. The van der Waals surface area contributed by atoms with E-state index in [0.717, 1.165) is 54.6 Å². The van der Waals surface area contributed by atoms with Crippen molar-refractivity contribution in [2.45, 2.75) is 11.1 Å². The second-order valence-electron chi connectivity index (χ2n) is 7.07. The van der Waals surface area contributed by atoms with Gasteiger partial charge in [-0.15, -0.1) is 0 Å². The number of hydrogen-bond donors (Lipinski definition) is 2. The number of anilines is 2. The summed E-state index contributed by atoms with van der Waals surface area (Å²) in [6, 6.07) is 9.77. The maximum Gasteiger partial charge on any atom is 0.416 e. The van der Waals surface area contributed by atoms with Crippen LogP contribution in [0.5, 0.6) is 0 Å². The van der Waals surface area contributed by atoms with E-state index in [0.29, 0.717) is 0 Å². The lowest BCUT2D eigenvalue weighted by molar-refractivity contribution is -0.137. The molecular weight excluding hydrogens is 467 g/mol. The normalized spacial score (nSPS) is 14.8. The third kappa shape index (κ3) is 4.58. The molecule has 0 saturated heterocycles. The first-order valence-electron chi connectivity index (χ1n) is 9.27. The molecule has 4 rings (SSSR count). The lowest BCUT2D eigenvalue weighted by atomic mass is 10.0. The number of hydrogen-bond acceptors (Lipinski definition) is 3.